The Morgan fingerprint density at radius 3 is 1.77 bits per heavy atom. The molecular formula is C26H23N3O9S2. The third-order valence-corrected chi connectivity index (χ3v) is 10.6. The number of methoxy groups -OCH3 is 1. The molecule has 0 atom stereocenters. The van der Waals surface area contributed by atoms with Crippen LogP contribution in [0.5, 0.6) is 28.7 Å². The van der Waals surface area contributed by atoms with Crippen LogP contribution >= 0.6 is 0 Å². The lowest BCUT2D eigenvalue weighted by Crippen LogP contribution is -2.38. The summed E-state index contributed by atoms with van der Waals surface area (Å²) in [6.45, 7) is 1.45. The van der Waals surface area contributed by atoms with Crippen LogP contribution in [0, 0.1) is 6.92 Å². The molecule has 0 bridgehead atoms. The van der Waals surface area contributed by atoms with Gasteiger partial charge in [-0.2, -0.15) is 21.9 Å². The molecule has 0 aliphatic carbocycles. The van der Waals surface area contributed by atoms with Gasteiger partial charge in [-0.25, -0.2) is 0 Å². The first-order chi connectivity index (χ1) is 19.1. The number of benzene rings is 3. The quantitative estimate of drug-likeness (QED) is 0.317. The number of hydrogen-bond donors (Lipinski definition) is 0. The zero-order valence-electron chi connectivity index (χ0n) is 21.5. The van der Waals surface area contributed by atoms with E-state index < -0.39 is 20.0 Å². The van der Waals surface area contributed by atoms with Crippen molar-refractivity contribution in [2.45, 2.75) is 16.7 Å². The molecule has 6 rings (SSSR count). The summed E-state index contributed by atoms with van der Waals surface area (Å²) in [6.07, 6.45) is 0. The van der Waals surface area contributed by atoms with E-state index in [2.05, 4.69) is 5.10 Å². The fourth-order valence-corrected chi connectivity index (χ4v) is 8.41. The van der Waals surface area contributed by atoms with Crippen LogP contribution in [0.15, 0.2) is 70.5 Å². The number of nitrogens with zero attached hydrogens (tertiary/aromatic N) is 3. The number of sulfonamides is 2. The third-order valence-electron chi connectivity index (χ3n) is 6.50. The summed E-state index contributed by atoms with van der Waals surface area (Å²) in [5.41, 5.74) is 1.36. The van der Waals surface area contributed by atoms with Crippen LogP contribution in [0.3, 0.4) is 0 Å². The van der Waals surface area contributed by atoms with Gasteiger partial charge in [-0.15, -0.1) is 3.71 Å². The molecule has 1 aromatic heterocycles. The lowest BCUT2D eigenvalue weighted by molar-refractivity contribution is 0.173. The summed E-state index contributed by atoms with van der Waals surface area (Å²) in [5.74, 6) is 1.52. The Morgan fingerprint density at radius 1 is 0.775 bits per heavy atom. The summed E-state index contributed by atoms with van der Waals surface area (Å²) in [7, 11) is -6.51. The van der Waals surface area contributed by atoms with Crippen molar-refractivity contribution in [1.82, 2.24) is 9.78 Å². The second kappa shape index (κ2) is 9.34. The van der Waals surface area contributed by atoms with Crippen LogP contribution in [-0.4, -0.2) is 47.3 Å². The first-order valence-electron chi connectivity index (χ1n) is 11.9. The molecule has 0 N–H and O–H groups in total. The van der Waals surface area contributed by atoms with Crippen molar-refractivity contribution in [3.8, 4) is 40.0 Å². The van der Waals surface area contributed by atoms with E-state index in [4.69, 9.17) is 23.7 Å². The molecule has 0 saturated carbocycles. The SMILES string of the molecule is COc1ccc(-c2nn(C)c(N(S(=O)(=O)c3ccc4c(c3)OCO4)S(=O)(=O)c3ccc4c(c3)OCO4)c2C)cc1. The zero-order valence-corrected chi connectivity index (χ0v) is 23.2. The normalized spacial score (nSPS) is 13.9. The van der Waals surface area contributed by atoms with Crippen molar-refractivity contribution in [3.05, 3.63) is 66.2 Å². The van der Waals surface area contributed by atoms with Crippen LogP contribution in [0.25, 0.3) is 11.3 Å². The van der Waals surface area contributed by atoms with Crippen LogP contribution in [-0.2, 0) is 27.1 Å². The molecule has 12 nitrogen and oxygen atoms in total. The Bertz CT molecular complexity index is 1760. The van der Waals surface area contributed by atoms with Gasteiger partial charge in [0, 0.05) is 30.3 Å². The van der Waals surface area contributed by atoms with Crippen molar-refractivity contribution in [1.29, 1.82) is 0 Å². The number of anilines is 1. The van der Waals surface area contributed by atoms with Gasteiger partial charge in [0.1, 0.15) is 5.75 Å². The lowest BCUT2D eigenvalue weighted by atomic mass is 10.1. The maximum Gasteiger partial charge on any atom is 0.279 e. The van der Waals surface area contributed by atoms with Crippen molar-refractivity contribution in [2.24, 2.45) is 7.05 Å². The van der Waals surface area contributed by atoms with Crippen molar-refractivity contribution in [3.63, 3.8) is 0 Å². The average Bonchev–Trinajstić information content (AvgIpc) is 3.68. The number of hydrogen-bond acceptors (Lipinski definition) is 10. The second-order valence-electron chi connectivity index (χ2n) is 8.89. The summed E-state index contributed by atoms with van der Waals surface area (Å²) >= 11 is 0. The highest BCUT2D eigenvalue weighted by Crippen LogP contribution is 2.41. The molecule has 0 spiro atoms. The van der Waals surface area contributed by atoms with E-state index >= 15 is 0 Å². The predicted octanol–water partition coefficient (Wildman–Crippen LogP) is 3.45. The Morgan fingerprint density at radius 2 is 1.27 bits per heavy atom. The summed E-state index contributed by atoms with van der Waals surface area (Å²) < 4.78 is 85.2. The minimum absolute atomic E-state index is 0.0793. The van der Waals surface area contributed by atoms with Gasteiger partial charge in [0.25, 0.3) is 20.0 Å². The summed E-state index contributed by atoms with van der Waals surface area (Å²) in [5, 5.41) is 4.50. The number of ether oxygens (including phenoxy) is 5. The molecule has 0 amide bonds. The van der Waals surface area contributed by atoms with Gasteiger partial charge in [0.15, 0.2) is 28.8 Å². The average molecular weight is 586 g/mol. The van der Waals surface area contributed by atoms with Crippen LogP contribution in [0.2, 0.25) is 0 Å². The monoisotopic (exact) mass is 585 g/mol. The molecule has 208 valence electrons. The van der Waals surface area contributed by atoms with Crippen molar-refractivity contribution >= 4 is 25.9 Å². The van der Waals surface area contributed by atoms with Gasteiger partial charge in [0.05, 0.1) is 22.6 Å². The molecule has 0 radical (unpaired) electrons. The summed E-state index contributed by atoms with van der Waals surface area (Å²) in [6, 6.07) is 14.8. The number of rotatable bonds is 7. The molecule has 0 unspecified atom stereocenters. The van der Waals surface area contributed by atoms with Crippen LogP contribution < -0.4 is 27.4 Å². The smallest absolute Gasteiger partial charge is 0.279 e. The molecular weight excluding hydrogens is 562 g/mol. The molecule has 0 fully saturated rings. The van der Waals surface area contributed by atoms with E-state index in [9.17, 15) is 16.8 Å². The number of aryl methyl sites for hydroxylation is 1. The fourth-order valence-electron chi connectivity index (χ4n) is 4.52. The van der Waals surface area contributed by atoms with Gasteiger partial charge < -0.3 is 23.7 Å². The largest absolute Gasteiger partial charge is 0.497 e. The fraction of sp³-hybridized carbons (Fsp3) is 0.192. The Kier molecular flexibility index (Phi) is 6.03. The van der Waals surface area contributed by atoms with Crippen molar-refractivity contribution < 1.29 is 40.5 Å². The molecule has 3 aromatic carbocycles. The predicted molar refractivity (Wildman–Crippen MR) is 142 cm³/mol. The number of aromatic nitrogens is 2. The highest BCUT2D eigenvalue weighted by atomic mass is 32.3. The topological polar surface area (TPSA) is 135 Å². The van der Waals surface area contributed by atoms with E-state index in [1.54, 1.807) is 38.3 Å². The third kappa shape index (κ3) is 4.07. The van der Waals surface area contributed by atoms with E-state index in [-0.39, 0.29) is 40.7 Å². The maximum atomic E-state index is 14.3. The van der Waals surface area contributed by atoms with Gasteiger partial charge in [-0.3, -0.25) is 4.68 Å². The standard InChI is InChI=1S/C26H23N3O9S2/c1-16-25(17-4-6-18(34-3)7-5-17)27-28(2)26(16)29(39(30,31)19-8-10-21-23(12-19)37-14-35-21)40(32,33)20-9-11-22-24(13-20)38-15-36-22/h4-13H,14-15H2,1-3H3. The molecule has 3 heterocycles. The molecule has 4 aromatic rings. The van der Waals surface area contributed by atoms with E-state index in [0.717, 1.165) is 0 Å². The maximum absolute atomic E-state index is 14.3. The van der Waals surface area contributed by atoms with Crippen LogP contribution in [0.4, 0.5) is 5.82 Å². The minimum atomic E-state index is -4.76. The minimum Gasteiger partial charge on any atom is -0.497 e. The van der Waals surface area contributed by atoms with Crippen molar-refractivity contribution in [2.75, 3.05) is 24.4 Å². The Hall–Kier alpha value is -4.43. The Balaban J connectivity index is 1.56. The first-order valence-corrected chi connectivity index (χ1v) is 14.8. The molecule has 2 aliphatic heterocycles. The van der Waals surface area contributed by atoms with Gasteiger partial charge in [-0.05, 0) is 55.5 Å². The van der Waals surface area contributed by atoms with Gasteiger partial charge in [-0.1, -0.05) is 0 Å². The molecule has 14 heteroatoms. The van der Waals surface area contributed by atoms with Gasteiger partial charge in [0.2, 0.25) is 13.6 Å². The second-order valence-corrected chi connectivity index (χ2v) is 12.7. The zero-order chi connectivity index (χ0) is 28.2. The molecule has 2 aliphatic rings. The molecule has 40 heavy (non-hydrogen) atoms. The van der Waals surface area contributed by atoms with Crippen LogP contribution in [0.1, 0.15) is 5.56 Å². The Labute approximate surface area is 230 Å². The highest BCUT2D eigenvalue weighted by molar-refractivity contribution is 8.10. The van der Waals surface area contributed by atoms with Gasteiger partial charge >= 0.3 is 0 Å². The lowest BCUT2D eigenvalue weighted by Gasteiger charge is -2.25. The van der Waals surface area contributed by atoms with E-state index in [0.29, 0.717) is 37.8 Å². The first kappa shape index (κ1) is 25.8. The molecule has 0 saturated heterocycles. The number of fused-ring (bicyclic) bond motifs is 2. The highest BCUT2D eigenvalue weighted by Gasteiger charge is 2.42. The van der Waals surface area contributed by atoms with E-state index in [1.165, 1.54) is 48.1 Å². The summed E-state index contributed by atoms with van der Waals surface area (Å²) in [4.78, 5) is -0.625. The van der Waals surface area contributed by atoms with E-state index in [1.807, 2.05) is 0 Å².